The molecule has 0 unspecified atom stereocenters. The first-order valence-corrected chi connectivity index (χ1v) is 7.23. The predicted molar refractivity (Wildman–Crippen MR) is 89.7 cm³/mol. The molecule has 0 aliphatic carbocycles. The van der Waals surface area contributed by atoms with Crippen molar-refractivity contribution in [3.63, 3.8) is 0 Å². The Bertz CT molecular complexity index is 667. The van der Waals surface area contributed by atoms with E-state index in [1.165, 1.54) is 0 Å². The molecule has 2 aromatic rings. The van der Waals surface area contributed by atoms with Gasteiger partial charge in [0.15, 0.2) is 0 Å². The molecule has 1 aromatic heterocycles. The largest absolute Gasteiger partial charge is 0.383 e. The molecule has 0 saturated carbocycles. The standard InChI is InChI=1S/C17H22N4O/c1-12-9-15(11-20-16(12)18)13-5-4-6-14(10-13)17(22)19-7-8-21(2)3/h4-6,9-11H,7-8H2,1-3H3,(H2,18,20)(H,19,22). The molecule has 116 valence electrons. The van der Waals surface area contributed by atoms with Gasteiger partial charge in [0.1, 0.15) is 5.82 Å². The third-order valence-corrected chi connectivity index (χ3v) is 3.42. The maximum absolute atomic E-state index is 12.2. The molecular weight excluding hydrogens is 276 g/mol. The lowest BCUT2D eigenvalue weighted by molar-refractivity contribution is 0.0951. The van der Waals surface area contributed by atoms with Crippen molar-refractivity contribution in [2.45, 2.75) is 6.92 Å². The van der Waals surface area contributed by atoms with Gasteiger partial charge in [0.25, 0.3) is 5.91 Å². The number of likely N-dealkylation sites (N-methyl/N-ethyl adjacent to an activating group) is 1. The molecule has 0 fully saturated rings. The summed E-state index contributed by atoms with van der Waals surface area (Å²) in [5.74, 6) is 0.463. The fourth-order valence-corrected chi connectivity index (χ4v) is 2.08. The van der Waals surface area contributed by atoms with Crippen molar-refractivity contribution in [2.75, 3.05) is 32.9 Å². The predicted octanol–water partition coefficient (Wildman–Crippen LogP) is 1.93. The molecule has 1 aromatic carbocycles. The normalized spacial score (nSPS) is 10.7. The summed E-state index contributed by atoms with van der Waals surface area (Å²) in [7, 11) is 3.95. The number of nitrogens with two attached hydrogens (primary N) is 1. The van der Waals surface area contributed by atoms with Crippen LogP contribution in [0, 0.1) is 6.92 Å². The molecule has 3 N–H and O–H groups in total. The molecule has 0 bridgehead atoms. The summed E-state index contributed by atoms with van der Waals surface area (Å²) >= 11 is 0. The zero-order valence-electron chi connectivity index (χ0n) is 13.3. The van der Waals surface area contributed by atoms with E-state index in [9.17, 15) is 4.79 Å². The van der Waals surface area contributed by atoms with Crippen molar-refractivity contribution in [1.29, 1.82) is 0 Å². The van der Waals surface area contributed by atoms with Gasteiger partial charge in [-0.15, -0.1) is 0 Å². The number of aromatic nitrogens is 1. The number of benzene rings is 1. The Morgan fingerprint density at radius 1 is 1.27 bits per heavy atom. The van der Waals surface area contributed by atoms with Crippen LogP contribution >= 0.6 is 0 Å². The van der Waals surface area contributed by atoms with Gasteiger partial charge in [0.2, 0.25) is 0 Å². The fraction of sp³-hybridized carbons (Fsp3) is 0.294. The molecule has 1 heterocycles. The van der Waals surface area contributed by atoms with Crippen LogP contribution in [0.25, 0.3) is 11.1 Å². The van der Waals surface area contributed by atoms with Crippen LogP contribution in [0.2, 0.25) is 0 Å². The van der Waals surface area contributed by atoms with Crippen LogP contribution < -0.4 is 11.1 Å². The number of nitrogens with zero attached hydrogens (tertiary/aromatic N) is 2. The van der Waals surface area contributed by atoms with Crippen LogP contribution in [-0.4, -0.2) is 43.0 Å². The first-order valence-electron chi connectivity index (χ1n) is 7.23. The van der Waals surface area contributed by atoms with Gasteiger partial charge in [-0.25, -0.2) is 4.98 Å². The van der Waals surface area contributed by atoms with Crippen molar-refractivity contribution in [2.24, 2.45) is 0 Å². The minimum atomic E-state index is -0.0659. The summed E-state index contributed by atoms with van der Waals surface area (Å²) in [6.45, 7) is 3.36. The molecule has 0 aliphatic heterocycles. The lowest BCUT2D eigenvalue weighted by atomic mass is 10.0. The Balaban J connectivity index is 2.15. The van der Waals surface area contributed by atoms with E-state index in [2.05, 4.69) is 10.3 Å². The molecule has 5 heteroatoms. The number of hydrogen-bond donors (Lipinski definition) is 2. The minimum absolute atomic E-state index is 0.0659. The number of rotatable bonds is 5. The van der Waals surface area contributed by atoms with Crippen LogP contribution in [-0.2, 0) is 0 Å². The van der Waals surface area contributed by atoms with Gasteiger partial charge in [-0.1, -0.05) is 12.1 Å². The van der Waals surface area contributed by atoms with Gasteiger partial charge < -0.3 is 16.0 Å². The van der Waals surface area contributed by atoms with Crippen molar-refractivity contribution in [1.82, 2.24) is 15.2 Å². The highest BCUT2D eigenvalue weighted by Crippen LogP contribution is 2.22. The third kappa shape index (κ3) is 4.05. The van der Waals surface area contributed by atoms with E-state index < -0.39 is 0 Å². The molecule has 1 amide bonds. The highest BCUT2D eigenvalue weighted by atomic mass is 16.1. The molecule has 2 rings (SSSR count). The Hall–Kier alpha value is -2.40. The summed E-state index contributed by atoms with van der Waals surface area (Å²) in [6.07, 6.45) is 1.73. The molecule has 0 saturated heterocycles. The van der Waals surface area contributed by atoms with Gasteiger partial charge in [0, 0.05) is 30.4 Å². The zero-order chi connectivity index (χ0) is 16.1. The Morgan fingerprint density at radius 2 is 2.05 bits per heavy atom. The second-order valence-electron chi connectivity index (χ2n) is 5.57. The maximum atomic E-state index is 12.2. The van der Waals surface area contributed by atoms with Crippen LogP contribution in [0.5, 0.6) is 0 Å². The quantitative estimate of drug-likeness (QED) is 0.885. The molecule has 5 nitrogen and oxygen atoms in total. The highest BCUT2D eigenvalue weighted by molar-refractivity contribution is 5.95. The number of pyridine rings is 1. The number of hydrogen-bond acceptors (Lipinski definition) is 4. The van der Waals surface area contributed by atoms with Crippen LogP contribution in [0.4, 0.5) is 5.82 Å². The van der Waals surface area contributed by atoms with E-state index in [1.807, 2.05) is 56.3 Å². The maximum Gasteiger partial charge on any atom is 0.251 e. The van der Waals surface area contributed by atoms with E-state index >= 15 is 0 Å². The number of nitrogen functional groups attached to an aromatic ring is 1. The smallest absolute Gasteiger partial charge is 0.251 e. The zero-order valence-corrected chi connectivity index (χ0v) is 13.3. The summed E-state index contributed by atoms with van der Waals surface area (Å²) in [6, 6.07) is 9.50. The van der Waals surface area contributed by atoms with Crippen LogP contribution in [0.15, 0.2) is 36.5 Å². The second-order valence-corrected chi connectivity index (χ2v) is 5.57. The number of carbonyl (C=O) groups excluding carboxylic acids is 1. The average Bonchev–Trinajstić information content (AvgIpc) is 2.49. The Kier molecular flexibility index (Phi) is 5.12. The van der Waals surface area contributed by atoms with Crippen LogP contribution in [0.1, 0.15) is 15.9 Å². The van der Waals surface area contributed by atoms with Crippen molar-refractivity contribution in [3.05, 3.63) is 47.7 Å². The lowest BCUT2D eigenvalue weighted by Crippen LogP contribution is -2.31. The molecule has 0 aliphatic rings. The SMILES string of the molecule is Cc1cc(-c2cccc(C(=O)NCCN(C)C)c2)cnc1N. The first kappa shape index (κ1) is 16.0. The number of nitrogens with one attached hydrogen (secondary N) is 1. The number of carbonyl (C=O) groups is 1. The van der Waals surface area contributed by atoms with E-state index in [1.54, 1.807) is 6.20 Å². The molecule has 0 atom stereocenters. The molecule has 22 heavy (non-hydrogen) atoms. The van der Waals surface area contributed by atoms with E-state index in [4.69, 9.17) is 5.73 Å². The van der Waals surface area contributed by atoms with Crippen molar-refractivity contribution < 1.29 is 4.79 Å². The number of aryl methyl sites for hydroxylation is 1. The summed E-state index contributed by atoms with van der Waals surface area (Å²) in [5, 5.41) is 2.91. The Morgan fingerprint density at radius 3 is 2.73 bits per heavy atom. The Labute approximate surface area is 131 Å². The molecule has 0 spiro atoms. The first-order chi connectivity index (χ1) is 10.5. The number of amides is 1. The summed E-state index contributed by atoms with van der Waals surface area (Å²) in [4.78, 5) is 18.4. The monoisotopic (exact) mass is 298 g/mol. The van der Waals surface area contributed by atoms with Gasteiger partial charge in [-0.05, 0) is 50.3 Å². The molecular formula is C17H22N4O. The third-order valence-electron chi connectivity index (χ3n) is 3.42. The van der Waals surface area contributed by atoms with Gasteiger partial charge >= 0.3 is 0 Å². The van der Waals surface area contributed by atoms with E-state index in [0.29, 0.717) is 17.9 Å². The average molecular weight is 298 g/mol. The minimum Gasteiger partial charge on any atom is -0.383 e. The highest BCUT2D eigenvalue weighted by Gasteiger charge is 2.08. The van der Waals surface area contributed by atoms with Crippen molar-refractivity contribution in [3.8, 4) is 11.1 Å². The van der Waals surface area contributed by atoms with Gasteiger partial charge in [0.05, 0.1) is 0 Å². The number of anilines is 1. The topological polar surface area (TPSA) is 71.2 Å². The fourth-order valence-electron chi connectivity index (χ4n) is 2.08. The van der Waals surface area contributed by atoms with Gasteiger partial charge in [-0.2, -0.15) is 0 Å². The summed E-state index contributed by atoms with van der Waals surface area (Å²) < 4.78 is 0. The van der Waals surface area contributed by atoms with E-state index in [-0.39, 0.29) is 5.91 Å². The van der Waals surface area contributed by atoms with Gasteiger partial charge in [-0.3, -0.25) is 4.79 Å². The summed E-state index contributed by atoms with van der Waals surface area (Å²) in [5.41, 5.74) is 9.23. The molecule has 0 radical (unpaired) electrons. The lowest BCUT2D eigenvalue weighted by Gasteiger charge is -2.11. The van der Waals surface area contributed by atoms with E-state index in [0.717, 1.165) is 23.2 Å². The second kappa shape index (κ2) is 7.04. The van der Waals surface area contributed by atoms with Crippen molar-refractivity contribution >= 4 is 11.7 Å². The van der Waals surface area contributed by atoms with Crippen LogP contribution in [0.3, 0.4) is 0 Å².